The number of ether oxygens (including phenoxy) is 2. The quantitative estimate of drug-likeness (QED) is 0.825. The molecule has 2 atom stereocenters. The van der Waals surface area contributed by atoms with Crippen LogP contribution in [-0.4, -0.2) is 43.7 Å². The van der Waals surface area contributed by atoms with Gasteiger partial charge in [-0.25, -0.2) is 13.1 Å². The number of aromatic nitrogens is 2. The molecule has 0 aliphatic carbocycles. The lowest BCUT2D eigenvalue weighted by molar-refractivity contribution is 0.173. The zero-order chi connectivity index (χ0) is 16.6. The maximum absolute atomic E-state index is 11.7. The van der Waals surface area contributed by atoms with Crippen LogP contribution < -0.4 is 19.9 Å². The molecule has 0 unspecified atom stereocenters. The van der Waals surface area contributed by atoms with Crippen molar-refractivity contribution in [2.24, 2.45) is 5.73 Å². The standard InChI is InChI=1S/C14H20N4O4S/c1-9(15)7-12(17-23(2,19)20)18-13-10(8-16-18)3-4-11-14(13)22-6-5-21-11/h3-4,8-9,12,17H,5-7,15H2,1-2H3/t9-,12+/m0/s1. The number of rotatable bonds is 5. The molecule has 0 amide bonds. The van der Waals surface area contributed by atoms with Crippen LogP contribution in [0.25, 0.3) is 10.9 Å². The van der Waals surface area contributed by atoms with Crippen molar-refractivity contribution in [2.45, 2.75) is 25.6 Å². The van der Waals surface area contributed by atoms with Crippen LogP contribution in [0.15, 0.2) is 18.3 Å². The van der Waals surface area contributed by atoms with Crippen molar-refractivity contribution in [3.05, 3.63) is 18.3 Å². The zero-order valence-corrected chi connectivity index (χ0v) is 13.8. The summed E-state index contributed by atoms with van der Waals surface area (Å²) in [6.45, 7) is 2.74. The molecular weight excluding hydrogens is 320 g/mol. The summed E-state index contributed by atoms with van der Waals surface area (Å²) in [7, 11) is -3.42. The summed E-state index contributed by atoms with van der Waals surface area (Å²) in [5.74, 6) is 1.21. The highest BCUT2D eigenvalue weighted by atomic mass is 32.2. The third-order valence-corrected chi connectivity index (χ3v) is 4.20. The molecule has 2 aromatic rings. The van der Waals surface area contributed by atoms with Crippen LogP contribution in [0.5, 0.6) is 11.5 Å². The SMILES string of the molecule is C[C@H](N)C[C@H](NS(C)(=O)=O)n1ncc2ccc3c(c21)OCCO3. The fourth-order valence-electron chi connectivity index (χ4n) is 2.67. The number of fused-ring (bicyclic) bond motifs is 3. The van der Waals surface area contributed by atoms with E-state index < -0.39 is 16.2 Å². The van der Waals surface area contributed by atoms with Gasteiger partial charge in [0.15, 0.2) is 11.5 Å². The van der Waals surface area contributed by atoms with Crippen molar-refractivity contribution in [1.29, 1.82) is 0 Å². The van der Waals surface area contributed by atoms with E-state index in [1.54, 1.807) is 10.9 Å². The molecule has 0 spiro atoms. The Morgan fingerprint density at radius 3 is 2.83 bits per heavy atom. The Morgan fingerprint density at radius 2 is 2.13 bits per heavy atom. The molecule has 2 heterocycles. The summed E-state index contributed by atoms with van der Waals surface area (Å²) in [6.07, 6.45) is 2.58. The topological polar surface area (TPSA) is 108 Å². The van der Waals surface area contributed by atoms with Gasteiger partial charge in [0.2, 0.25) is 10.0 Å². The first-order valence-electron chi connectivity index (χ1n) is 7.34. The summed E-state index contributed by atoms with van der Waals surface area (Å²) in [6, 6.07) is 3.49. The predicted molar refractivity (Wildman–Crippen MR) is 86.0 cm³/mol. The van der Waals surface area contributed by atoms with Gasteiger partial charge in [0.25, 0.3) is 0 Å². The van der Waals surface area contributed by atoms with E-state index in [9.17, 15) is 8.42 Å². The molecule has 0 radical (unpaired) electrons. The molecule has 9 heteroatoms. The Hall–Kier alpha value is -1.84. The molecule has 126 valence electrons. The van der Waals surface area contributed by atoms with Crippen LogP contribution in [0.4, 0.5) is 0 Å². The van der Waals surface area contributed by atoms with Gasteiger partial charge in [0.05, 0.1) is 12.5 Å². The lowest BCUT2D eigenvalue weighted by atomic mass is 10.2. The van der Waals surface area contributed by atoms with Crippen LogP contribution in [0.1, 0.15) is 19.5 Å². The van der Waals surface area contributed by atoms with Gasteiger partial charge < -0.3 is 15.2 Å². The second kappa shape index (κ2) is 5.99. The summed E-state index contributed by atoms with van der Waals surface area (Å²) in [4.78, 5) is 0. The lowest BCUT2D eigenvalue weighted by Crippen LogP contribution is -2.36. The van der Waals surface area contributed by atoms with Crippen molar-refractivity contribution in [3.8, 4) is 11.5 Å². The molecule has 3 rings (SSSR count). The van der Waals surface area contributed by atoms with Gasteiger partial charge in [0, 0.05) is 11.4 Å². The highest BCUT2D eigenvalue weighted by Crippen LogP contribution is 2.38. The van der Waals surface area contributed by atoms with Crippen molar-refractivity contribution in [2.75, 3.05) is 19.5 Å². The van der Waals surface area contributed by atoms with E-state index in [0.717, 1.165) is 11.6 Å². The predicted octanol–water partition coefficient (Wildman–Crippen LogP) is 0.593. The lowest BCUT2D eigenvalue weighted by Gasteiger charge is -2.24. The Balaban J connectivity index is 2.12. The number of nitrogens with two attached hydrogens (primary N) is 1. The Kier molecular flexibility index (Phi) is 4.17. The molecule has 0 bridgehead atoms. The van der Waals surface area contributed by atoms with E-state index >= 15 is 0 Å². The van der Waals surface area contributed by atoms with Crippen LogP contribution in [0.3, 0.4) is 0 Å². The minimum absolute atomic E-state index is 0.204. The Bertz CT molecular complexity index is 816. The molecule has 23 heavy (non-hydrogen) atoms. The van der Waals surface area contributed by atoms with Gasteiger partial charge in [-0.15, -0.1) is 0 Å². The highest BCUT2D eigenvalue weighted by Gasteiger charge is 2.25. The highest BCUT2D eigenvalue weighted by molar-refractivity contribution is 7.88. The summed E-state index contributed by atoms with van der Waals surface area (Å²) in [5, 5.41) is 5.19. The first-order valence-corrected chi connectivity index (χ1v) is 9.23. The smallest absolute Gasteiger partial charge is 0.210 e. The number of hydrogen-bond acceptors (Lipinski definition) is 6. The van der Waals surface area contributed by atoms with Gasteiger partial charge >= 0.3 is 0 Å². The molecule has 1 aromatic heterocycles. The van der Waals surface area contributed by atoms with Gasteiger partial charge in [-0.05, 0) is 25.5 Å². The number of sulfonamides is 1. The fourth-order valence-corrected chi connectivity index (χ4v) is 3.36. The van der Waals surface area contributed by atoms with E-state index in [1.165, 1.54) is 0 Å². The van der Waals surface area contributed by atoms with Gasteiger partial charge in [-0.1, -0.05) is 0 Å². The van der Waals surface area contributed by atoms with Gasteiger partial charge in [0.1, 0.15) is 24.9 Å². The van der Waals surface area contributed by atoms with Crippen LogP contribution in [0.2, 0.25) is 0 Å². The van der Waals surface area contributed by atoms with Crippen LogP contribution >= 0.6 is 0 Å². The van der Waals surface area contributed by atoms with E-state index in [1.807, 2.05) is 19.1 Å². The average Bonchev–Trinajstić information content (AvgIpc) is 2.89. The first kappa shape index (κ1) is 16.0. The van der Waals surface area contributed by atoms with Crippen molar-refractivity contribution < 1.29 is 17.9 Å². The molecular formula is C14H20N4O4S. The van der Waals surface area contributed by atoms with E-state index in [-0.39, 0.29) is 6.04 Å². The van der Waals surface area contributed by atoms with Crippen molar-refractivity contribution in [1.82, 2.24) is 14.5 Å². The summed E-state index contributed by atoms with van der Waals surface area (Å²) in [5.41, 5.74) is 6.57. The molecule has 0 saturated heterocycles. The van der Waals surface area contributed by atoms with Crippen LogP contribution in [-0.2, 0) is 10.0 Å². The first-order chi connectivity index (χ1) is 10.8. The maximum atomic E-state index is 11.7. The molecule has 8 nitrogen and oxygen atoms in total. The second-order valence-corrected chi connectivity index (χ2v) is 7.52. The van der Waals surface area contributed by atoms with Crippen LogP contribution in [0, 0.1) is 0 Å². The molecule has 3 N–H and O–H groups in total. The van der Waals surface area contributed by atoms with E-state index in [4.69, 9.17) is 15.2 Å². The molecule has 1 aromatic carbocycles. The third-order valence-electron chi connectivity index (χ3n) is 3.50. The summed E-state index contributed by atoms with van der Waals surface area (Å²) < 4.78 is 38.9. The minimum atomic E-state index is -3.42. The second-order valence-electron chi connectivity index (χ2n) is 5.74. The summed E-state index contributed by atoms with van der Waals surface area (Å²) >= 11 is 0. The van der Waals surface area contributed by atoms with E-state index in [0.29, 0.717) is 36.7 Å². The number of benzene rings is 1. The van der Waals surface area contributed by atoms with Crippen molar-refractivity contribution in [3.63, 3.8) is 0 Å². The molecule has 1 aliphatic heterocycles. The monoisotopic (exact) mass is 340 g/mol. The Morgan fingerprint density at radius 1 is 1.39 bits per heavy atom. The zero-order valence-electron chi connectivity index (χ0n) is 13.0. The van der Waals surface area contributed by atoms with Gasteiger partial charge in [-0.3, -0.25) is 0 Å². The molecule has 1 aliphatic rings. The number of nitrogens with zero attached hydrogens (tertiary/aromatic N) is 2. The normalized spacial score (nSPS) is 17.2. The Labute approximate surface area is 134 Å². The number of nitrogens with one attached hydrogen (secondary N) is 1. The largest absolute Gasteiger partial charge is 0.486 e. The molecule has 0 fully saturated rings. The number of hydrogen-bond donors (Lipinski definition) is 2. The van der Waals surface area contributed by atoms with Gasteiger partial charge in [-0.2, -0.15) is 9.82 Å². The van der Waals surface area contributed by atoms with E-state index in [2.05, 4.69) is 9.82 Å². The average molecular weight is 340 g/mol. The maximum Gasteiger partial charge on any atom is 0.210 e. The fraction of sp³-hybridized carbons (Fsp3) is 0.500. The minimum Gasteiger partial charge on any atom is -0.486 e. The third kappa shape index (κ3) is 3.41. The van der Waals surface area contributed by atoms with Crippen molar-refractivity contribution >= 4 is 20.9 Å². The molecule has 0 saturated carbocycles.